The van der Waals surface area contributed by atoms with Gasteiger partial charge >= 0.3 is 0 Å². The lowest BCUT2D eigenvalue weighted by Crippen LogP contribution is -2.19. The zero-order valence-corrected chi connectivity index (χ0v) is 14.5. The molecule has 0 unspecified atom stereocenters. The van der Waals surface area contributed by atoms with Gasteiger partial charge in [-0.1, -0.05) is 24.3 Å². The molecule has 24 heavy (non-hydrogen) atoms. The number of nitrogens with one attached hydrogen (secondary N) is 1. The first-order valence-electron chi connectivity index (χ1n) is 7.84. The van der Waals surface area contributed by atoms with Crippen LogP contribution < -0.4 is 15.1 Å². The molecule has 0 fully saturated rings. The molecule has 0 bridgehead atoms. The predicted octanol–water partition coefficient (Wildman–Crippen LogP) is 3.30. The smallest absolute Gasteiger partial charge is 0.275 e. The highest BCUT2D eigenvalue weighted by Crippen LogP contribution is 2.19. The van der Waals surface area contributed by atoms with Crippen LogP contribution in [0.2, 0.25) is 0 Å². The van der Waals surface area contributed by atoms with Gasteiger partial charge in [-0.05, 0) is 43.7 Å². The molecule has 0 radical (unpaired) electrons. The molecule has 5 nitrogen and oxygen atoms in total. The van der Waals surface area contributed by atoms with Crippen LogP contribution in [0.15, 0.2) is 53.6 Å². The lowest BCUT2D eigenvalue weighted by atomic mass is 10.2. The summed E-state index contributed by atoms with van der Waals surface area (Å²) < 4.78 is 5.65. The second-order valence-corrected chi connectivity index (χ2v) is 5.85. The van der Waals surface area contributed by atoms with Crippen LogP contribution in [0.5, 0.6) is 5.75 Å². The van der Waals surface area contributed by atoms with Gasteiger partial charge in [0.1, 0.15) is 5.75 Å². The van der Waals surface area contributed by atoms with Gasteiger partial charge in [-0.15, -0.1) is 0 Å². The summed E-state index contributed by atoms with van der Waals surface area (Å²) in [7, 11) is 3.97. The van der Waals surface area contributed by atoms with Gasteiger partial charge in [0.2, 0.25) is 0 Å². The maximum atomic E-state index is 12.3. The molecule has 0 saturated carbocycles. The number of para-hydroxylation sites is 1. The summed E-state index contributed by atoms with van der Waals surface area (Å²) in [6, 6.07) is 15.0. The minimum absolute atomic E-state index is 0.00216. The van der Waals surface area contributed by atoms with E-state index in [1.165, 1.54) is 0 Å². The normalized spacial score (nSPS) is 10.9. The van der Waals surface area contributed by atoms with E-state index in [-0.39, 0.29) is 12.0 Å². The molecule has 0 aliphatic heterocycles. The first-order valence-corrected chi connectivity index (χ1v) is 7.84. The van der Waals surface area contributed by atoms with E-state index in [4.69, 9.17) is 4.74 Å². The molecule has 0 aliphatic rings. The summed E-state index contributed by atoms with van der Waals surface area (Å²) in [5, 5.41) is 4.02. The fourth-order valence-electron chi connectivity index (χ4n) is 2.10. The van der Waals surface area contributed by atoms with Crippen molar-refractivity contribution in [2.45, 2.75) is 20.0 Å². The van der Waals surface area contributed by atoms with Crippen LogP contribution in [0.1, 0.15) is 29.8 Å². The third-order valence-corrected chi connectivity index (χ3v) is 3.28. The molecule has 1 N–H and O–H groups in total. The SMILES string of the molecule is CC(C)Oc1ccccc1C(=O)N/N=C/c1ccc(N(C)C)cc1. The summed E-state index contributed by atoms with van der Waals surface area (Å²) in [5.41, 5.74) is 5.02. The number of carbonyl (C=O) groups excluding carboxylic acids is 1. The van der Waals surface area contributed by atoms with E-state index in [1.807, 2.05) is 63.2 Å². The highest BCUT2D eigenvalue weighted by molar-refractivity contribution is 5.97. The molecule has 0 saturated heterocycles. The number of nitrogens with zero attached hydrogens (tertiary/aromatic N) is 2. The van der Waals surface area contributed by atoms with E-state index in [9.17, 15) is 4.79 Å². The summed E-state index contributed by atoms with van der Waals surface area (Å²) in [5.74, 6) is 0.253. The summed E-state index contributed by atoms with van der Waals surface area (Å²) >= 11 is 0. The number of rotatable bonds is 6. The molecule has 0 aromatic heterocycles. The van der Waals surface area contributed by atoms with Crippen molar-refractivity contribution in [2.75, 3.05) is 19.0 Å². The van der Waals surface area contributed by atoms with Crippen molar-refractivity contribution in [2.24, 2.45) is 5.10 Å². The molecule has 1 amide bonds. The monoisotopic (exact) mass is 325 g/mol. The number of hydrazone groups is 1. The average molecular weight is 325 g/mol. The number of benzene rings is 2. The topological polar surface area (TPSA) is 53.9 Å². The zero-order valence-electron chi connectivity index (χ0n) is 14.5. The van der Waals surface area contributed by atoms with Gasteiger partial charge < -0.3 is 9.64 Å². The van der Waals surface area contributed by atoms with Gasteiger partial charge in [-0.25, -0.2) is 5.43 Å². The molecule has 126 valence electrons. The Hall–Kier alpha value is -2.82. The van der Waals surface area contributed by atoms with Crippen molar-refractivity contribution < 1.29 is 9.53 Å². The maximum Gasteiger partial charge on any atom is 0.275 e. The lowest BCUT2D eigenvalue weighted by molar-refractivity contribution is 0.0949. The van der Waals surface area contributed by atoms with Crippen LogP contribution in [-0.4, -0.2) is 32.3 Å². The van der Waals surface area contributed by atoms with Crippen molar-refractivity contribution in [3.8, 4) is 5.75 Å². The Bertz CT molecular complexity index is 707. The molecule has 0 aliphatic carbocycles. The Morgan fingerprint density at radius 1 is 1.12 bits per heavy atom. The fourth-order valence-corrected chi connectivity index (χ4v) is 2.10. The number of ether oxygens (including phenoxy) is 1. The quantitative estimate of drug-likeness (QED) is 0.655. The molecule has 0 heterocycles. The number of hydrogen-bond donors (Lipinski definition) is 1. The lowest BCUT2D eigenvalue weighted by Gasteiger charge is -2.13. The van der Waals surface area contributed by atoms with E-state index < -0.39 is 0 Å². The van der Waals surface area contributed by atoms with Crippen LogP contribution >= 0.6 is 0 Å². The van der Waals surface area contributed by atoms with E-state index in [2.05, 4.69) is 10.5 Å². The summed E-state index contributed by atoms with van der Waals surface area (Å²) in [6.45, 7) is 3.84. The van der Waals surface area contributed by atoms with Crippen molar-refractivity contribution >= 4 is 17.8 Å². The third kappa shape index (κ3) is 4.84. The zero-order chi connectivity index (χ0) is 17.5. The van der Waals surface area contributed by atoms with Crippen molar-refractivity contribution in [3.63, 3.8) is 0 Å². The van der Waals surface area contributed by atoms with Crippen molar-refractivity contribution in [1.29, 1.82) is 0 Å². The highest BCUT2D eigenvalue weighted by atomic mass is 16.5. The number of hydrogen-bond acceptors (Lipinski definition) is 4. The first-order chi connectivity index (χ1) is 11.5. The minimum Gasteiger partial charge on any atom is -0.490 e. The second kappa shape index (κ2) is 8.15. The summed E-state index contributed by atoms with van der Waals surface area (Å²) in [6.07, 6.45) is 1.61. The Balaban J connectivity index is 2.02. The Morgan fingerprint density at radius 2 is 1.79 bits per heavy atom. The molecule has 2 aromatic carbocycles. The van der Waals surface area contributed by atoms with Crippen molar-refractivity contribution in [3.05, 3.63) is 59.7 Å². The average Bonchev–Trinajstić information content (AvgIpc) is 2.55. The molecular formula is C19H23N3O2. The van der Waals surface area contributed by atoms with Crippen molar-refractivity contribution in [1.82, 2.24) is 5.43 Å². The van der Waals surface area contributed by atoms with Crippen LogP contribution in [-0.2, 0) is 0 Å². The largest absolute Gasteiger partial charge is 0.490 e. The Kier molecular flexibility index (Phi) is 5.95. The molecule has 2 rings (SSSR count). The molecule has 0 spiro atoms. The summed E-state index contributed by atoms with van der Waals surface area (Å²) in [4.78, 5) is 14.3. The Morgan fingerprint density at radius 3 is 2.42 bits per heavy atom. The van der Waals surface area contributed by atoms with Gasteiger partial charge in [0.05, 0.1) is 17.9 Å². The van der Waals surface area contributed by atoms with E-state index >= 15 is 0 Å². The van der Waals surface area contributed by atoms with Crippen LogP contribution in [0.3, 0.4) is 0 Å². The van der Waals surface area contributed by atoms with Gasteiger partial charge in [-0.2, -0.15) is 5.10 Å². The van der Waals surface area contributed by atoms with E-state index in [0.717, 1.165) is 11.3 Å². The standard InChI is InChI=1S/C19H23N3O2/c1-14(2)24-18-8-6-5-7-17(18)19(23)21-20-13-15-9-11-16(12-10-15)22(3)4/h5-14H,1-4H3,(H,21,23)/b20-13+. The van der Waals surface area contributed by atoms with Gasteiger partial charge in [-0.3, -0.25) is 4.79 Å². The number of amides is 1. The third-order valence-electron chi connectivity index (χ3n) is 3.28. The minimum atomic E-state index is -0.299. The second-order valence-electron chi connectivity index (χ2n) is 5.85. The van der Waals surface area contributed by atoms with Gasteiger partial charge in [0.25, 0.3) is 5.91 Å². The van der Waals surface area contributed by atoms with Gasteiger partial charge in [0.15, 0.2) is 0 Å². The molecule has 0 atom stereocenters. The number of anilines is 1. The maximum absolute atomic E-state index is 12.3. The van der Waals surface area contributed by atoms with E-state index in [1.54, 1.807) is 24.4 Å². The highest BCUT2D eigenvalue weighted by Gasteiger charge is 2.12. The molecule has 2 aromatic rings. The molecule has 5 heteroatoms. The number of carbonyl (C=O) groups is 1. The molecular weight excluding hydrogens is 302 g/mol. The fraction of sp³-hybridized carbons (Fsp3) is 0.263. The van der Waals surface area contributed by atoms with Crippen LogP contribution in [0, 0.1) is 0 Å². The Labute approximate surface area is 142 Å². The first kappa shape index (κ1) is 17.5. The van der Waals surface area contributed by atoms with Crippen LogP contribution in [0.4, 0.5) is 5.69 Å². The van der Waals surface area contributed by atoms with Gasteiger partial charge in [0, 0.05) is 19.8 Å². The van der Waals surface area contributed by atoms with E-state index in [0.29, 0.717) is 11.3 Å². The predicted molar refractivity (Wildman–Crippen MR) is 98.0 cm³/mol. The van der Waals surface area contributed by atoms with Crippen LogP contribution in [0.25, 0.3) is 0 Å².